The quantitative estimate of drug-likeness (QED) is 0.0244. The molecule has 6 heteroatoms. The van der Waals surface area contributed by atoms with Gasteiger partial charge < -0.3 is 20.3 Å². The molecule has 392 valence electrons. The van der Waals surface area contributed by atoms with Gasteiger partial charge in [-0.05, 0) is 89.9 Å². The number of allylic oxidation sites excluding steroid dienone is 14. The third kappa shape index (κ3) is 49.5. The van der Waals surface area contributed by atoms with Gasteiger partial charge in [0.15, 0.2) is 0 Å². The largest absolute Gasteiger partial charge is 0.462 e. The number of hydrogen-bond acceptors (Lipinski definition) is 5. The molecule has 6 nitrogen and oxygen atoms in total. The summed E-state index contributed by atoms with van der Waals surface area (Å²) in [5.74, 6) is -0.537. The molecule has 3 unspecified atom stereocenters. The first kappa shape index (κ1) is 65.0. The van der Waals surface area contributed by atoms with E-state index >= 15 is 0 Å². The van der Waals surface area contributed by atoms with Crippen LogP contribution in [0, 0.1) is 0 Å². The van der Waals surface area contributed by atoms with Crippen molar-refractivity contribution >= 4 is 11.9 Å². The molecule has 0 aliphatic carbocycles. The minimum Gasteiger partial charge on any atom is -0.462 e. The first-order valence-electron chi connectivity index (χ1n) is 28.9. The van der Waals surface area contributed by atoms with Gasteiger partial charge in [0.05, 0.1) is 25.2 Å². The lowest BCUT2D eigenvalue weighted by atomic mass is 10.0. The number of esters is 1. The summed E-state index contributed by atoms with van der Waals surface area (Å²) >= 11 is 0. The number of aliphatic hydroxyl groups is 2. The lowest BCUT2D eigenvalue weighted by Crippen LogP contribution is -2.46. The van der Waals surface area contributed by atoms with Crippen LogP contribution >= 0.6 is 0 Å². The van der Waals surface area contributed by atoms with Crippen LogP contribution in [0.4, 0.5) is 0 Å². The van der Waals surface area contributed by atoms with Crippen LogP contribution in [0.3, 0.4) is 0 Å². The van der Waals surface area contributed by atoms with Crippen molar-refractivity contribution < 1.29 is 24.5 Å². The molecule has 0 aromatic carbocycles. The Morgan fingerprint density at radius 1 is 0.441 bits per heavy atom. The van der Waals surface area contributed by atoms with Crippen LogP contribution in [0.1, 0.15) is 271 Å². The van der Waals surface area contributed by atoms with Crippen molar-refractivity contribution in [2.75, 3.05) is 6.61 Å². The average Bonchev–Trinajstić information content (AvgIpc) is 3.33. The van der Waals surface area contributed by atoms with Gasteiger partial charge in [-0.15, -0.1) is 0 Å². The van der Waals surface area contributed by atoms with E-state index in [1.807, 2.05) is 6.08 Å². The van der Waals surface area contributed by atoms with Gasteiger partial charge in [-0.25, -0.2) is 0 Å². The van der Waals surface area contributed by atoms with Gasteiger partial charge in [0.1, 0.15) is 6.10 Å². The van der Waals surface area contributed by atoms with Crippen LogP contribution in [0.5, 0.6) is 0 Å². The van der Waals surface area contributed by atoms with Crippen LogP contribution in [0.2, 0.25) is 0 Å². The number of ether oxygens (including phenoxy) is 1. The molecule has 68 heavy (non-hydrogen) atoms. The number of nitrogens with one attached hydrogen (secondary N) is 1. The minimum atomic E-state index is -0.808. The first-order chi connectivity index (χ1) is 33.5. The van der Waals surface area contributed by atoms with Gasteiger partial charge in [-0.2, -0.15) is 0 Å². The number of rotatable bonds is 51. The lowest BCUT2D eigenvalue weighted by Gasteiger charge is -2.24. The van der Waals surface area contributed by atoms with Crippen molar-refractivity contribution in [3.63, 3.8) is 0 Å². The highest BCUT2D eigenvalue weighted by atomic mass is 16.5. The second-order valence-electron chi connectivity index (χ2n) is 19.4. The molecular weight excluding hydrogens is 839 g/mol. The van der Waals surface area contributed by atoms with Crippen LogP contribution in [-0.2, 0) is 14.3 Å². The number of unbranched alkanes of at least 4 members (excludes halogenated alkanes) is 28. The van der Waals surface area contributed by atoms with Gasteiger partial charge in [-0.1, -0.05) is 254 Å². The topological polar surface area (TPSA) is 95.9 Å². The van der Waals surface area contributed by atoms with Gasteiger partial charge in [0, 0.05) is 6.42 Å². The second kappa shape index (κ2) is 55.0. The molecule has 0 radical (unpaired) electrons. The van der Waals surface area contributed by atoms with E-state index in [1.165, 1.54) is 128 Å². The molecule has 0 saturated heterocycles. The number of carbonyl (C=O) groups is 2. The van der Waals surface area contributed by atoms with Crippen molar-refractivity contribution in [1.29, 1.82) is 0 Å². The summed E-state index contributed by atoms with van der Waals surface area (Å²) < 4.78 is 5.93. The second-order valence-corrected chi connectivity index (χ2v) is 19.4. The highest BCUT2D eigenvalue weighted by molar-refractivity contribution is 5.77. The van der Waals surface area contributed by atoms with E-state index < -0.39 is 18.2 Å². The molecule has 1 amide bonds. The zero-order valence-corrected chi connectivity index (χ0v) is 44.7. The Hall–Kier alpha value is -2.96. The predicted molar refractivity (Wildman–Crippen MR) is 296 cm³/mol. The van der Waals surface area contributed by atoms with Crippen molar-refractivity contribution in [1.82, 2.24) is 5.32 Å². The van der Waals surface area contributed by atoms with Gasteiger partial charge in [0.2, 0.25) is 5.91 Å². The first-order valence-corrected chi connectivity index (χ1v) is 28.9. The molecule has 0 saturated carbocycles. The number of hydrogen-bond donors (Lipinski definition) is 3. The monoisotopic (exact) mass is 948 g/mol. The average molecular weight is 949 g/mol. The zero-order valence-electron chi connectivity index (χ0n) is 44.7. The lowest BCUT2D eigenvalue weighted by molar-refractivity contribution is -0.151. The molecule has 0 heterocycles. The fourth-order valence-electron chi connectivity index (χ4n) is 8.39. The van der Waals surface area contributed by atoms with Gasteiger partial charge in [-0.3, -0.25) is 9.59 Å². The molecule has 0 aliphatic rings. The summed E-state index contributed by atoms with van der Waals surface area (Å²) in [5, 5.41) is 23.9. The summed E-state index contributed by atoms with van der Waals surface area (Å²) in [7, 11) is 0. The Labute approximate surface area is 421 Å². The fraction of sp³-hybridized carbons (Fsp3) is 0.742. The van der Waals surface area contributed by atoms with Crippen molar-refractivity contribution in [3.05, 3.63) is 85.1 Å². The summed E-state index contributed by atoms with van der Waals surface area (Å²) in [4.78, 5) is 26.3. The van der Waals surface area contributed by atoms with E-state index in [4.69, 9.17) is 4.74 Å². The SMILES string of the molecule is CCCCC/C=C\C/C=C\C/C=C\CCCCCCC(=O)OC(CCCCC/C=C/C=C/C=C/C=C/CCCCC)CC(=O)NC(CO)C(O)CCCCCCCCCCCCCCCCCC. The van der Waals surface area contributed by atoms with Crippen molar-refractivity contribution in [3.8, 4) is 0 Å². The van der Waals surface area contributed by atoms with Gasteiger partial charge in [0.25, 0.3) is 0 Å². The van der Waals surface area contributed by atoms with E-state index in [0.29, 0.717) is 19.3 Å². The standard InChI is InChI=1S/C62H109NO5/c1-4-7-10-13-16-19-22-25-28-31-34-37-40-43-46-49-52-55-62(67)68-58(53-50-47-44-41-38-35-32-29-26-23-20-17-14-11-8-5-2)56-61(66)63-59(57-64)60(65)54-51-48-45-42-39-36-33-30-27-24-21-18-15-12-9-6-3/h16-17,19-20,23,25-26,28-29,32,34-35,37-38,58-60,64-65H,4-15,18,21-22,24,27,30-31,33,36,39-57H2,1-3H3,(H,63,66)/b19-16-,20-17+,26-23+,28-25-,32-29+,37-34-,38-35+. The Morgan fingerprint density at radius 3 is 1.31 bits per heavy atom. The minimum absolute atomic E-state index is 0.0391. The highest BCUT2D eigenvalue weighted by Crippen LogP contribution is 2.18. The summed E-state index contributed by atoms with van der Waals surface area (Å²) in [6, 6.07) is -0.725. The van der Waals surface area contributed by atoms with Crippen molar-refractivity contribution in [2.45, 2.75) is 289 Å². The molecule has 0 aliphatic heterocycles. The highest BCUT2D eigenvalue weighted by Gasteiger charge is 2.24. The molecular formula is C62H109NO5. The molecule has 0 spiro atoms. The molecule has 0 aromatic rings. The Bertz CT molecular complexity index is 1290. The van der Waals surface area contributed by atoms with Crippen LogP contribution in [-0.4, -0.2) is 46.9 Å². The normalized spacial score (nSPS) is 13.8. The Morgan fingerprint density at radius 2 is 0.809 bits per heavy atom. The van der Waals surface area contributed by atoms with Gasteiger partial charge >= 0.3 is 5.97 Å². The van der Waals surface area contributed by atoms with Crippen molar-refractivity contribution in [2.24, 2.45) is 0 Å². The maximum atomic E-state index is 13.3. The molecule has 3 N–H and O–H groups in total. The number of carbonyl (C=O) groups excluding carboxylic acids is 2. The van der Waals surface area contributed by atoms with Crippen LogP contribution < -0.4 is 5.32 Å². The molecule has 0 bridgehead atoms. The van der Waals surface area contributed by atoms with Crippen LogP contribution in [0.15, 0.2) is 85.1 Å². The van der Waals surface area contributed by atoms with E-state index in [2.05, 4.69) is 105 Å². The maximum absolute atomic E-state index is 13.3. The smallest absolute Gasteiger partial charge is 0.306 e. The van der Waals surface area contributed by atoms with E-state index in [0.717, 1.165) is 96.3 Å². The Kier molecular flexibility index (Phi) is 52.6. The number of amides is 1. The third-order valence-electron chi connectivity index (χ3n) is 12.8. The maximum Gasteiger partial charge on any atom is 0.306 e. The van der Waals surface area contributed by atoms with E-state index in [9.17, 15) is 19.8 Å². The predicted octanol–water partition coefficient (Wildman–Crippen LogP) is 17.9. The summed E-state index contributed by atoms with van der Waals surface area (Å²) in [6.45, 7) is 6.42. The zero-order chi connectivity index (χ0) is 49.5. The third-order valence-corrected chi connectivity index (χ3v) is 12.8. The Balaban J connectivity index is 4.68. The van der Waals surface area contributed by atoms with Crippen LogP contribution in [0.25, 0.3) is 0 Å². The molecule has 0 fully saturated rings. The fourth-order valence-corrected chi connectivity index (χ4v) is 8.39. The summed E-state index contributed by atoms with van der Waals surface area (Å²) in [6.07, 6.45) is 72.1. The summed E-state index contributed by atoms with van der Waals surface area (Å²) in [5.41, 5.74) is 0. The molecule has 0 rings (SSSR count). The van der Waals surface area contributed by atoms with E-state index in [-0.39, 0.29) is 24.9 Å². The van der Waals surface area contributed by atoms with E-state index in [1.54, 1.807) is 0 Å². The number of aliphatic hydroxyl groups excluding tert-OH is 2. The molecule has 0 aromatic heterocycles. The molecule has 3 atom stereocenters.